The van der Waals surface area contributed by atoms with Gasteiger partial charge < -0.3 is 0 Å². The van der Waals surface area contributed by atoms with Crippen molar-refractivity contribution in [2.45, 2.75) is 31.1 Å². The molecule has 1 aliphatic heterocycles. The third-order valence-electron chi connectivity index (χ3n) is 3.04. The molecule has 1 aromatic rings. The lowest BCUT2D eigenvalue weighted by molar-refractivity contribution is 0.308. The second-order valence-corrected chi connectivity index (χ2v) is 6.08. The number of likely N-dealkylation sites (N-methyl/N-ethyl adjacent to an activating group) is 1. The predicted molar refractivity (Wildman–Crippen MR) is 67.6 cm³/mol. The van der Waals surface area contributed by atoms with Gasteiger partial charge >= 0.3 is 0 Å². The van der Waals surface area contributed by atoms with Crippen molar-refractivity contribution in [1.82, 2.24) is 4.90 Å². The molecule has 0 bridgehead atoms. The Kier molecular flexibility index (Phi) is 2.82. The molecule has 1 aromatic carbocycles. The molecular weight excluding hydrogens is 202 g/mol. The maximum Gasteiger partial charge on any atom is 0.0489 e. The van der Waals surface area contributed by atoms with Crippen molar-refractivity contribution in [2.24, 2.45) is 0 Å². The van der Waals surface area contributed by atoms with E-state index < -0.39 is 0 Å². The summed E-state index contributed by atoms with van der Waals surface area (Å²) in [6, 6.07) is 6.68. The van der Waals surface area contributed by atoms with Crippen molar-refractivity contribution in [3.8, 4) is 0 Å². The van der Waals surface area contributed by atoms with Gasteiger partial charge in [0.1, 0.15) is 0 Å². The summed E-state index contributed by atoms with van der Waals surface area (Å²) in [6.07, 6.45) is 0. The summed E-state index contributed by atoms with van der Waals surface area (Å²) < 4.78 is 0. The van der Waals surface area contributed by atoms with Gasteiger partial charge in [-0.3, -0.25) is 4.90 Å². The summed E-state index contributed by atoms with van der Waals surface area (Å²) in [5, 5.41) is 0. The summed E-state index contributed by atoms with van der Waals surface area (Å²) >= 11 is 1.97. The first-order valence-corrected chi connectivity index (χ1v) is 6.41. The smallest absolute Gasteiger partial charge is 0.0489 e. The molecule has 0 aliphatic carbocycles. The van der Waals surface area contributed by atoms with Crippen molar-refractivity contribution in [2.75, 3.05) is 19.5 Å². The van der Waals surface area contributed by atoms with E-state index in [9.17, 15) is 0 Å². The predicted octanol–water partition coefficient (Wildman–Crippen LogP) is 3.27. The second-order valence-electron chi connectivity index (χ2n) is 5.12. The number of aryl methyl sites for hydroxylation is 1. The highest BCUT2D eigenvalue weighted by Crippen LogP contribution is 2.38. The Morgan fingerprint density at radius 1 is 1.33 bits per heavy atom. The molecule has 15 heavy (non-hydrogen) atoms. The Morgan fingerprint density at radius 2 is 2.07 bits per heavy atom. The highest BCUT2D eigenvalue weighted by atomic mass is 32.2. The van der Waals surface area contributed by atoms with Crippen LogP contribution in [0.25, 0.3) is 0 Å². The van der Waals surface area contributed by atoms with Gasteiger partial charge in [-0.15, -0.1) is 11.8 Å². The topological polar surface area (TPSA) is 3.24 Å². The third-order valence-corrected chi connectivity index (χ3v) is 4.44. The van der Waals surface area contributed by atoms with Crippen LogP contribution in [0.2, 0.25) is 0 Å². The maximum atomic E-state index is 2.41. The summed E-state index contributed by atoms with van der Waals surface area (Å²) in [5.74, 6) is 1.10. The molecule has 0 fully saturated rings. The zero-order valence-electron chi connectivity index (χ0n) is 10.0. The fourth-order valence-corrected chi connectivity index (χ4v) is 3.59. The minimum Gasteiger partial charge on any atom is -0.296 e. The zero-order valence-corrected chi connectivity index (χ0v) is 10.8. The van der Waals surface area contributed by atoms with Gasteiger partial charge in [0.2, 0.25) is 0 Å². The minimum atomic E-state index is 0.263. The molecule has 2 heteroatoms. The Hall–Kier alpha value is -0.470. The molecule has 0 atom stereocenters. The first kappa shape index (κ1) is 11.0. The van der Waals surface area contributed by atoms with Crippen LogP contribution >= 0.6 is 11.8 Å². The van der Waals surface area contributed by atoms with E-state index in [4.69, 9.17) is 0 Å². The van der Waals surface area contributed by atoms with E-state index in [2.05, 4.69) is 50.9 Å². The van der Waals surface area contributed by atoms with E-state index >= 15 is 0 Å². The van der Waals surface area contributed by atoms with Gasteiger partial charge in [-0.2, -0.15) is 0 Å². The summed E-state index contributed by atoms with van der Waals surface area (Å²) in [5.41, 5.74) is 3.19. The molecule has 0 amide bonds. The molecule has 0 saturated carbocycles. The first-order chi connectivity index (χ1) is 7.00. The quantitative estimate of drug-likeness (QED) is 0.661. The fraction of sp³-hybridized carbons (Fsp3) is 0.538. The lowest BCUT2D eigenvalue weighted by Crippen LogP contribution is -2.32. The van der Waals surface area contributed by atoms with E-state index in [0.717, 1.165) is 12.4 Å². The van der Waals surface area contributed by atoms with Crippen LogP contribution in [0.3, 0.4) is 0 Å². The summed E-state index contributed by atoms with van der Waals surface area (Å²) in [4.78, 5) is 3.90. The average Bonchev–Trinajstić information content (AvgIpc) is 2.24. The number of thioether (sulfide) groups is 1. The summed E-state index contributed by atoms with van der Waals surface area (Å²) in [7, 11) is 2.20. The highest BCUT2D eigenvalue weighted by Gasteiger charge is 2.28. The molecule has 1 nitrogen and oxygen atoms in total. The van der Waals surface area contributed by atoms with Crippen LogP contribution in [0.15, 0.2) is 23.1 Å². The number of nitrogens with zero attached hydrogens (tertiary/aromatic N) is 1. The molecule has 1 heterocycles. The van der Waals surface area contributed by atoms with Crippen LogP contribution in [-0.4, -0.2) is 24.4 Å². The molecule has 0 aromatic heterocycles. The Morgan fingerprint density at radius 3 is 2.80 bits per heavy atom. The fourth-order valence-electron chi connectivity index (χ4n) is 2.36. The van der Waals surface area contributed by atoms with Crippen LogP contribution < -0.4 is 0 Å². The van der Waals surface area contributed by atoms with E-state index in [-0.39, 0.29) is 5.41 Å². The largest absolute Gasteiger partial charge is 0.296 e. The van der Waals surface area contributed by atoms with Gasteiger partial charge in [-0.25, -0.2) is 0 Å². The number of hydrogen-bond acceptors (Lipinski definition) is 2. The van der Waals surface area contributed by atoms with Crippen LogP contribution in [0.5, 0.6) is 0 Å². The van der Waals surface area contributed by atoms with E-state index in [1.54, 1.807) is 0 Å². The monoisotopic (exact) mass is 221 g/mol. The second kappa shape index (κ2) is 3.84. The van der Waals surface area contributed by atoms with Gasteiger partial charge in [-0.1, -0.05) is 32.0 Å². The molecule has 0 N–H and O–H groups in total. The Labute approximate surface area is 96.9 Å². The molecule has 2 rings (SSSR count). The number of fused-ring (bicyclic) bond motifs is 1. The number of benzene rings is 1. The van der Waals surface area contributed by atoms with Gasteiger partial charge in [0.25, 0.3) is 0 Å². The SMILES string of the molecule is Cc1cccc2c1SCN(C)CC2(C)C. The number of hydrogen-bond donors (Lipinski definition) is 0. The van der Waals surface area contributed by atoms with E-state index in [0.29, 0.717) is 0 Å². The first-order valence-electron chi connectivity index (χ1n) is 5.42. The van der Waals surface area contributed by atoms with Crippen molar-refractivity contribution in [1.29, 1.82) is 0 Å². The Balaban J connectivity index is 2.53. The molecule has 82 valence electrons. The maximum absolute atomic E-state index is 2.41. The van der Waals surface area contributed by atoms with Crippen molar-refractivity contribution in [3.05, 3.63) is 29.3 Å². The molecule has 0 saturated heterocycles. The van der Waals surface area contributed by atoms with Crippen LogP contribution in [0.1, 0.15) is 25.0 Å². The van der Waals surface area contributed by atoms with E-state index in [1.807, 2.05) is 11.8 Å². The van der Waals surface area contributed by atoms with Gasteiger partial charge in [0.15, 0.2) is 0 Å². The zero-order chi connectivity index (χ0) is 11.1. The van der Waals surface area contributed by atoms with Crippen LogP contribution in [-0.2, 0) is 5.41 Å². The highest BCUT2D eigenvalue weighted by molar-refractivity contribution is 7.99. The third kappa shape index (κ3) is 2.06. The minimum absolute atomic E-state index is 0.263. The Bertz CT molecular complexity index is 371. The van der Waals surface area contributed by atoms with Crippen molar-refractivity contribution in [3.63, 3.8) is 0 Å². The molecule has 0 radical (unpaired) electrons. The van der Waals surface area contributed by atoms with Gasteiger partial charge in [0, 0.05) is 22.7 Å². The van der Waals surface area contributed by atoms with Crippen molar-refractivity contribution < 1.29 is 0 Å². The van der Waals surface area contributed by atoms with Crippen LogP contribution in [0.4, 0.5) is 0 Å². The van der Waals surface area contributed by atoms with E-state index in [1.165, 1.54) is 16.0 Å². The molecular formula is C13H19NS. The number of rotatable bonds is 0. The van der Waals surface area contributed by atoms with Gasteiger partial charge in [0.05, 0.1) is 0 Å². The normalized spacial score (nSPS) is 20.8. The summed E-state index contributed by atoms with van der Waals surface area (Å²) in [6.45, 7) is 8.03. The molecule has 0 unspecified atom stereocenters. The molecule has 1 aliphatic rings. The van der Waals surface area contributed by atoms with Gasteiger partial charge in [-0.05, 0) is 25.1 Å². The van der Waals surface area contributed by atoms with Crippen LogP contribution in [0, 0.1) is 6.92 Å². The lowest BCUT2D eigenvalue weighted by Gasteiger charge is -2.28. The lowest BCUT2D eigenvalue weighted by atomic mass is 9.83. The standard InChI is InChI=1S/C13H19NS/c1-10-6-5-7-11-12(10)15-9-14(4)8-13(11,2)3/h5-7H,8-9H2,1-4H3. The van der Waals surface area contributed by atoms with Crippen molar-refractivity contribution >= 4 is 11.8 Å². The average molecular weight is 221 g/mol. The molecule has 0 spiro atoms.